The number of fused-ring (bicyclic) bond motifs is 1. The maximum atomic E-state index is 13.6. The summed E-state index contributed by atoms with van der Waals surface area (Å²) in [7, 11) is -3.04. The average Bonchev–Trinajstić information content (AvgIpc) is 3.42. The highest BCUT2D eigenvalue weighted by atomic mass is 32.2. The number of rotatable bonds is 4. The van der Waals surface area contributed by atoms with Gasteiger partial charge in [0.2, 0.25) is 5.71 Å². The number of aryl methyl sites for hydroxylation is 2. The van der Waals surface area contributed by atoms with Crippen LogP contribution in [-0.2, 0) is 9.84 Å². The summed E-state index contributed by atoms with van der Waals surface area (Å²) < 4.78 is 44.9. The van der Waals surface area contributed by atoms with Crippen molar-refractivity contribution in [2.45, 2.75) is 19.9 Å². The first kappa shape index (κ1) is 21.6. The first-order chi connectivity index (χ1) is 16.8. The highest BCUT2D eigenvalue weighted by Crippen LogP contribution is 2.38. The standard InChI is InChI=1S/C25H20FN5O3S/c1-14-3-8-19(15(2)29-14)22-9-20-24(27-13-28-25(20)34-22)21-10-31(18-11-35(32,33)12-18)30-23(21)16-4-6-17(26)7-5-16/h3-10,13,18H,11-12H2,1-2H3. The Labute approximate surface area is 200 Å². The Balaban J connectivity index is 1.52. The average molecular weight is 490 g/mol. The van der Waals surface area contributed by atoms with Crippen molar-refractivity contribution in [3.05, 3.63) is 72.2 Å². The van der Waals surface area contributed by atoms with Crippen LogP contribution in [0.1, 0.15) is 17.4 Å². The van der Waals surface area contributed by atoms with E-state index in [1.807, 2.05) is 32.0 Å². The van der Waals surface area contributed by atoms with Gasteiger partial charge < -0.3 is 4.42 Å². The fourth-order valence-corrected chi connectivity index (χ4v) is 5.79. The van der Waals surface area contributed by atoms with E-state index in [4.69, 9.17) is 9.52 Å². The van der Waals surface area contributed by atoms with Crippen molar-refractivity contribution in [1.82, 2.24) is 24.7 Å². The number of aromatic nitrogens is 5. The van der Waals surface area contributed by atoms with E-state index in [2.05, 4.69) is 15.0 Å². The second-order valence-corrected chi connectivity index (χ2v) is 10.9. The maximum absolute atomic E-state index is 13.6. The van der Waals surface area contributed by atoms with Crippen LogP contribution in [0, 0.1) is 19.7 Å². The number of benzene rings is 1. The summed E-state index contributed by atoms with van der Waals surface area (Å²) in [5.74, 6) is 0.329. The SMILES string of the molecule is Cc1ccc(-c2cc3c(-c4cn(C5CS(=O)(=O)C5)nc4-c4ccc(F)cc4)ncnc3o2)c(C)n1. The van der Waals surface area contributed by atoms with Crippen molar-refractivity contribution >= 4 is 20.9 Å². The second kappa shape index (κ2) is 7.81. The summed E-state index contributed by atoms with van der Waals surface area (Å²) in [5.41, 5.74) is 5.56. The Morgan fingerprint density at radius 1 is 1.00 bits per heavy atom. The van der Waals surface area contributed by atoms with Crippen molar-refractivity contribution in [2.24, 2.45) is 0 Å². The number of pyridine rings is 1. The molecule has 1 fully saturated rings. The van der Waals surface area contributed by atoms with Crippen LogP contribution in [0.3, 0.4) is 0 Å². The van der Waals surface area contributed by atoms with Crippen LogP contribution in [0.5, 0.6) is 0 Å². The zero-order valence-corrected chi connectivity index (χ0v) is 19.8. The lowest BCUT2D eigenvalue weighted by Crippen LogP contribution is -2.38. The van der Waals surface area contributed by atoms with Crippen molar-refractivity contribution in [3.8, 4) is 33.8 Å². The lowest BCUT2D eigenvalue weighted by molar-refractivity contribution is 0.474. The van der Waals surface area contributed by atoms with Crippen molar-refractivity contribution in [3.63, 3.8) is 0 Å². The third-order valence-corrected chi connectivity index (χ3v) is 7.98. The predicted octanol–water partition coefficient (Wildman–Crippen LogP) is 4.54. The Bertz CT molecular complexity index is 1700. The molecule has 1 aromatic carbocycles. The highest BCUT2D eigenvalue weighted by molar-refractivity contribution is 7.92. The fraction of sp³-hybridized carbons (Fsp3) is 0.200. The third-order valence-electron chi connectivity index (χ3n) is 6.19. The van der Waals surface area contributed by atoms with Crippen molar-refractivity contribution < 1.29 is 17.2 Å². The normalized spacial score (nSPS) is 15.4. The van der Waals surface area contributed by atoms with Crippen LogP contribution in [0.4, 0.5) is 4.39 Å². The molecule has 1 aliphatic heterocycles. The molecule has 0 bridgehead atoms. The van der Waals surface area contributed by atoms with E-state index in [0.717, 1.165) is 17.0 Å². The molecule has 0 saturated carbocycles. The summed E-state index contributed by atoms with van der Waals surface area (Å²) in [6.45, 7) is 3.85. The molecule has 1 aliphatic rings. The van der Waals surface area contributed by atoms with Gasteiger partial charge in [0.25, 0.3) is 0 Å². The van der Waals surface area contributed by atoms with Gasteiger partial charge in [-0.15, -0.1) is 0 Å². The summed E-state index contributed by atoms with van der Waals surface area (Å²) in [5, 5.41) is 5.39. The van der Waals surface area contributed by atoms with Gasteiger partial charge in [-0.1, -0.05) is 0 Å². The monoisotopic (exact) mass is 489 g/mol. The van der Waals surface area contributed by atoms with Crippen LogP contribution < -0.4 is 0 Å². The molecule has 0 spiro atoms. The van der Waals surface area contributed by atoms with Gasteiger partial charge >= 0.3 is 0 Å². The predicted molar refractivity (Wildman–Crippen MR) is 129 cm³/mol. The summed E-state index contributed by atoms with van der Waals surface area (Å²) in [4.78, 5) is 13.4. The molecule has 0 aliphatic carbocycles. The van der Waals surface area contributed by atoms with Gasteiger partial charge in [-0.05, 0) is 56.3 Å². The molecule has 0 radical (unpaired) electrons. The van der Waals surface area contributed by atoms with Crippen LogP contribution in [0.25, 0.3) is 44.9 Å². The van der Waals surface area contributed by atoms with Crippen LogP contribution in [-0.4, -0.2) is 44.7 Å². The Kier molecular flexibility index (Phi) is 4.82. The van der Waals surface area contributed by atoms with E-state index in [-0.39, 0.29) is 23.4 Å². The zero-order valence-electron chi connectivity index (χ0n) is 18.9. The molecule has 5 aromatic rings. The van der Waals surface area contributed by atoms with Gasteiger partial charge in [-0.25, -0.2) is 22.8 Å². The molecule has 0 unspecified atom stereocenters. The number of sulfone groups is 1. The summed E-state index contributed by atoms with van der Waals surface area (Å²) in [6, 6.07) is 11.5. The molecule has 0 N–H and O–H groups in total. The van der Waals surface area contributed by atoms with Gasteiger partial charge in [-0.2, -0.15) is 5.10 Å². The zero-order chi connectivity index (χ0) is 24.3. The van der Waals surface area contributed by atoms with E-state index in [1.165, 1.54) is 18.5 Å². The van der Waals surface area contributed by atoms with E-state index in [9.17, 15) is 12.8 Å². The molecular formula is C25H20FN5O3S. The number of hydrogen-bond donors (Lipinski definition) is 0. The smallest absolute Gasteiger partial charge is 0.230 e. The minimum Gasteiger partial charge on any atom is -0.438 e. The van der Waals surface area contributed by atoms with E-state index < -0.39 is 9.84 Å². The van der Waals surface area contributed by atoms with Crippen LogP contribution in [0.15, 0.2) is 59.4 Å². The maximum Gasteiger partial charge on any atom is 0.230 e. The largest absolute Gasteiger partial charge is 0.438 e. The lowest BCUT2D eigenvalue weighted by Gasteiger charge is -2.25. The molecule has 176 valence electrons. The van der Waals surface area contributed by atoms with E-state index in [0.29, 0.717) is 39.4 Å². The van der Waals surface area contributed by atoms with Crippen LogP contribution in [0.2, 0.25) is 0 Å². The molecule has 0 atom stereocenters. The minimum atomic E-state index is -3.04. The molecular weight excluding hydrogens is 469 g/mol. The molecule has 1 saturated heterocycles. The van der Waals surface area contributed by atoms with Crippen LogP contribution >= 0.6 is 0 Å². The highest BCUT2D eigenvalue weighted by Gasteiger charge is 2.36. The quantitative estimate of drug-likeness (QED) is 0.365. The number of furan rings is 1. The molecule has 6 rings (SSSR count). The number of nitrogens with zero attached hydrogens (tertiary/aromatic N) is 5. The molecule has 4 aromatic heterocycles. The van der Waals surface area contributed by atoms with Gasteiger partial charge in [0.05, 0.1) is 28.6 Å². The molecule has 10 heteroatoms. The van der Waals surface area contributed by atoms with Gasteiger partial charge in [0, 0.05) is 34.3 Å². The second-order valence-electron chi connectivity index (χ2n) is 8.75. The molecule has 5 heterocycles. The Morgan fingerprint density at radius 2 is 1.77 bits per heavy atom. The molecule has 8 nitrogen and oxygen atoms in total. The summed E-state index contributed by atoms with van der Waals surface area (Å²) in [6.07, 6.45) is 3.22. The van der Waals surface area contributed by atoms with Crippen molar-refractivity contribution in [1.29, 1.82) is 0 Å². The van der Waals surface area contributed by atoms with Gasteiger partial charge in [0.15, 0.2) is 9.84 Å². The Hall–Kier alpha value is -3.92. The number of halogens is 1. The Morgan fingerprint density at radius 3 is 2.49 bits per heavy atom. The van der Waals surface area contributed by atoms with Crippen molar-refractivity contribution in [2.75, 3.05) is 11.5 Å². The third kappa shape index (κ3) is 3.79. The fourth-order valence-electron chi connectivity index (χ4n) is 4.41. The molecule has 0 amide bonds. The summed E-state index contributed by atoms with van der Waals surface area (Å²) >= 11 is 0. The lowest BCUT2D eigenvalue weighted by atomic mass is 10.0. The van der Waals surface area contributed by atoms with Gasteiger partial charge in [0.1, 0.15) is 23.6 Å². The first-order valence-electron chi connectivity index (χ1n) is 11.0. The topological polar surface area (TPSA) is 104 Å². The number of hydrogen-bond acceptors (Lipinski definition) is 7. The first-order valence-corrected chi connectivity index (χ1v) is 12.8. The van der Waals surface area contributed by atoms with E-state index >= 15 is 0 Å². The minimum absolute atomic E-state index is 0.0335. The molecule has 35 heavy (non-hydrogen) atoms. The van der Waals surface area contributed by atoms with E-state index in [1.54, 1.807) is 23.0 Å². The van der Waals surface area contributed by atoms with Gasteiger partial charge in [-0.3, -0.25) is 9.67 Å².